The maximum Gasteiger partial charge on any atom is 0.416 e. The highest BCUT2D eigenvalue weighted by atomic mass is 19.4. The third-order valence-corrected chi connectivity index (χ3v) is 6.34. The van der Waals surface area contributed by atoms with Crippen molar-refractivity contribution in [2.45, 2.75) is 25.9 Å². The van der Waals surface area contributed by atoms with Crippen molar-refractivity contribution in [2.24, 2.45) is 0 Å². The maximum absolute atomic E-state index is 13.0. The summed E-state index contributed by atoms with van der Waals surface area (Å²) in [5, 5.41) is 3.39. The third-order valence-electron chi connectivity index (χ3n) is 6.34. The molecule has 180 valence electrons. The molecule has 34 heavy (non-hydrogen) atoms. The molecule has 0 unspecified atom stereocenters. The van der Waals surface area contributed by atoms with Crippen LogP contribution in [0, 0.1) is 6.92 Å². The number of anilines is 2. The lowest BCUT2D eigenvalue weighted by Crippen LogP contribution is -2.46. The van der Waals surface area contributed by atoms with Gasteiger partial charge in [-0.2, -0.15) is 13.2 Å². The molecule has 1 N–H and O–H groups in total. The molecule has 0 amide bonds. The Kier molecular flexibility index (Phi) is 7.73. The molecule has 2 aromatic carbocycles. The Labute approximate surface area is 199 Å². The number of benzene rings is 2. The summed E-state index contributed by atoms with van der Waals surface area (Å²) in [4.78, 5) is 8.97. The van der Waals surface area contributed by atoms with Gasteiger partial charge in [0.25, 0.3) is 0 Å². The molecule has 1 aromatic heterocycles. The zero-order chi connectivity index (χ0) is 24.0. The molecule has 0 aliphatic carbocycles. The molecule has 1 aliphatic heterocycles. The van der Waals surface area contributed by atoms with Crippen molar-refractivity contribution in [1.29, 1.82) is 0 Å². The molecule has 0 bridgehead atoms. The topological polar surface area (TPSA) is 31.4 Å². The van der Waals surface area contributed by atoms with Gasteiger partial charge in [-0.25, -0.2) is 4.98 Å². The van der Waals surface area contributed by atoms with Gasteiger partial charge in [-0.1, -0.05) is 30.3 Å². The molecule has 0 saturated carbocycles. The van der Waals surface area contributed by atoms with Crippen molar-refractivity contribution in [3.63, 3.8) is 0 Å². The van der Waals surface area contributed by atoms with Crippen molar-refractivity contribution in [2.75, 3.05) is 49.5 Å². The number of aromatic nitrogens is 1. The van der Waals surface area contributed by atoms with Crippen LogP contribution in [0.25, 0.3) is 11.1 Å². The Morgan fingerprint density at radius 1 is 0.912 bits per heavy atom. The highest BCUT2D eigenvalue weighted by Gasteiger charge is 2.31. The number of halogens is 3. The summed E-state index contributed by atoms with van der Waals surface area (Å²) in [6.07, 6.45) is -0.286. The summed E-state index contributed by atoms with van der Waals surface area (Å²) < 4.78 is 38.9. The first-order valence-electron chi connectivity index (χ1n) is 11.8. The van der Waals surface area contributed by atoms with E-state index < -0.39 is 11.7 Å². The van der Waals surface area contributed by atoms with Crippen LogP contribution in [0.5, 0.6) is 0 Å². The van der Waals surface area contributed by atoms with Crippen LogP contribution in [0.1, 0.15) is 24.0 Å². The van der Waals surface area contributed by atoms with E-state index in [0.29, 0.717) is 5.69 Å². The number of aryl methyl sites for hydroxylation is 1. The van der Waals surface area contributed by atoms with E-state index in [2.05, 4.69) is 40.3 Å². The summed E-state index contributed by atoms with van der Waals surface area (Å²) in [6.45, 7) is 7.19. The van der Waals surface area contributed by atoms with Crippen LogP contribution in [-0.2, 0) is 6.18 Å². The molecular formula is C27H31F3N4. The average molecular weight is 469 g/mol. The Morgan fingerprint density at radius 3 is 2.41 bits per heavy atom. The number of rotatable bonds is 8. The molecule has 2 heterocycles. The third kappa shape index (κ3) is 6.29. The van der Waals surface area contributed by atoms with E-state index >= 15 is 0 Å². The fourth-order valence-corrected chi connectivity index (χ4v) is 4.34. The summed E-state index contributed by atoms with van der Waals surface area (Å²) in [7, 11) is 0. The molecule has 1 saturated heterocycles. The number of alkyl halides is 3. The Morgan fingerprint density at radius 2 is 1.71 bits per heavy atom. The molecule has 4 rings (SSSR count). The number of hydrogen-bond acceptors (Lipinski definition) is 4. The Hall–Kier alpha value is -3.06. The number of nitrogens with one attached hydrogen (secondary N) is 1. The Balaban J connectivity index is 1.15. The van der Waals surface area contributed by atoms with Crippen LogP contribution in [0.15, 0.2) is 66.9 Å². The molecule has 0 atom stereocenters. The van der Waals surface area contributed by atoms with Crippen molar-refractivity contribution in [1.82, 2.24) is 9.88 Å². The van der Waals surface area contributed by atoms with Crippen LogP contribution in [0.2, 0.25) is 0 Å². The quantitative estimate of drug-likeness (QED) is 0.406. The monoisotopic (exact) mass is 468 g/mol. The van der Waals surface area contributed by atoms with Gasteiger partial charge in [-0.05, 0) is 67.8 Å². The van der Waals surface area contributed by atoms with Crippen LogP contribution in [0.3, 0.4) is 0 Å². The summed E-state index contributed by atoms with van der Waals surface area (Å²) in [5.41, 5.74) is 3.63. The van der Waals surface area contributed by atoms with Gasteiger partial charge in [0.1, 0.15) is 5.82 Å². The average Bonchev–Trinajstić information content (AvgIpc) is 2.85. The largest absolute Gasteiger partial charge is 0.416 e. The highest BCUT2D eigenvalue weighted by Crippen LogP contribution is 2.32. The minimum Gasteiger partial charge on any atom is -0.370 e. The van der Waals surface area contributed by atoms with E-state index in [-0.39, 0.29) is 0 Å². The van der Waals surface area contributed by atoms with Crippen LogP contribution >= 0.6 is 0 Å². The number of unbranched alkanes of at least 4 members (excludes halogenated alkanes) is 1. The predicted octanol–water partition coefficient (Wildman–Crippen LogP) is 6.09. The lowest BCUT2D eigenvalue weighted by Gasteiger charge is -2.36. The number of nitrogens with zero attached hydrogens (tertiary/aromatic N) is 3. The fourth-order valence-electron chi connectivity index (χ4n) is 4.34. The molecular weight excluding hydrogens is 437 g/mol. The maximum atomic E-state index is 13.0. The second-order valence-corrected chi connectivity index (χ2v) is 8.76. The number of hydrogen-bond donors (Lipinski definition) is 1. The van der Waals surface area contributed by atoms with Gasteiger partial charge in [-0.15, -0.1) is 0 Å². The van der Waals surface area contributed by atoms with E-state index in [4.69, 9.17) is 0 Å². The van der Waals surface area contributed by atoms with Crippen LogP contribution in [-0.4, -0.2) is 49.2 Å². The fraction of sp³-hybridized carbons (Fsp3) is 0.370. The standard InChI is InChI=1S/C27H31F3N4/c1-21-7-2-3-10-25(21)22-11-12-26(32-20-22)31-13-4-5-14-33-15-17-34(18-16-33)24-9-6-8-23(19-24)27(28,29)30/h2-3,6-12,19-20H,4-5,13-18H2,1H3,(H,31,32). The van der Waals surface area contributed by atoms with E-state index in [9.17, 15) is 13.2 Å². The SMILES string of the molecule is Cc1ccccc1-c1ccc(NCCCCN2CCN(c3cccc(C(F)(F)F)c3)CC2)nc1. The van der Waals surface area contributed by atoms with Gasteiger partial charge in [-0.3, -0.25) is 4.90 Å². The second kappa shape index (κ2) is 10.9. The summed E-state index contributed by atoms with van der Waals surface area (Å²) >= 11 is 0. The second-order valence-electron chi connectivity index (χ2n) is 8.76. The zero-order valence-corrected chi connectivity index (χ0v) is 19.5. The van der Waals surface area contributed by atoms with E-state index in [1.807, 2.05) is 29.3 Å². The normalized spacial score (nSPS) is 14.9. The molecule has 3 aromatic rings. The summed E-state index contributed by atoms with van der Waals surface area (Å²) in [5.74, 6) is 0.882. The molecule has 0 radical (unpaired) electrons. The van der Waals surface area contributed by atoms with E-state index in [1.54, 1.807) is 6.07 Å². The van der Waals surface area contributed by atoms with Gasteiger partial charge >= 0.3 is 6.18 Å². The van der Waals surface area contributed by atoms with Gasteiger partial charge in [0.15, 0.2) is 0 Å². The van der Waals surface area contributed by atoms with E-state index in [0.717, 1.165) is 69.6 Å². The van der Waals surface area contributed by atoms with Gasteiger partial charge in [0.05, 0.1) is 5.56 Å². The summed E-state index contributed by atoms with van der Waals surface area (Å²) in [6, 6.07) is 18.0. The van der Waals surface area contributed by atoms with Crippen LogP contribution < -0.4 is 10.2 Å². The van der Waals surface area contributed by atoms with Crippen molar-refractivity contribution in [3.05, 3.63) is 78.0 Å². The lowest BCUT2D eigenvalue weighted by molar-refractivity contribution is -0.137. The predicted molar refractivity (Wildman–Crippen MR) is 132 cm³/mol. The number of pyridine rings is 1. The highest BCUT2D eigenvalue weighted by molar-refractivity contribution is 5.67. The molecule has 7 heteroatoms. The van der Waals surface area contributed by atoms with E-state index in [1.165, 1.54) is 23.3 Å². The van der Waals surface area contributed by atoms with Gasteiger partial charge < -0.3 is 10.2 Å². The molecule has 1 aliphatic rings. The molecule has 4 nitrogen and oxygen atoms in total. The first-order chi connectivity index (χ1) is 16.4. The lowest BCUT2D eigenvalue weighted by atomic mass is 10.0. The first-order valence-corrected chi connectivity index (χ1v) is 11.8. The smallest absolute Gasteiger partial charge is 0.370 e. The number of piperazine rings is 1. The Bertz CT molecular complexity index is 1060. The van der Waals surface area contributed by atoms with Gasteiger partial charge in [0, 0.05) is 50.2 Å². The van der Waals surface area contributed by atoms with Crippen molar-refractivity contribution in [3.8, 4) is 11.1 Å². The van der Waals surface area contributed by atoms with Crippen molar-refractivity contribution >= 4 is 11.5 Å². The van der Waals surface area contributed by atoms with Crippen LogP contribution in [0.4, 0.5) is 24.7 Å². The van der Waals surface area contributed by atoms with Crippen molar-refractivity contribution < 1.29 is 13.2 Å². The molecule has 1 fully saturated rings. The molecule has 0 spiro atoms. The van der Waals surface area contributed by atoms with Gasteiger partial charge in [0.2, 0.25) is 0 Å². The zero-order valence-electron chi connectivity index (χ0n) is 19.5. The first kappa shape index (κ1) is 24.1. The minimum absolute atomic E-state index is 0.584. The minimum atomic E-state index is -4.30.